The van der Waals surface area contributed by atoms with Gasteiger partial charge in [0.15, 0.2) is 0 Å². The summed E-state index contributed by atoms with van der Waals surface area (Å²) < 4.78 is 14.4. The molecule has 318 valence electrons. The fourth-order valence-corrected chi connectivity index (χ4v) is 2.14. The summed E-state index contributed by atoms with van der Waals surface area (Å²) in [7, 11) is 11.8. The minimum atomic E-state index is 0. The second-order valence-corrected chi connectivity index (χ2v) is 15.0. The van der Waals surface area contributed by atoms with Gasteiger partial charge in [0.2, 0.25) is 0 Å². The zero-order valence-corrected chi connectivity index (χ0v) is 41.7. The van der Waals surface area contributed by atoms with Gasteiger partial charge in [-0.2, -0.15) is 28.2 Å². The van der Waals surface area contributed by atoms with Gasteiger partial charge in [0.1, 0.15) is 0 Å². The van der Waals surface area contributed by atoms with Crippen molar-refractivity contribution in [3.05, 3.63) is 56.7 Å². The van der Waals surface area contributed by atoms with Gasteiger partial charge in [-0.1, -0.05) is 104 Å². The smallest absolute Gasteiger partial charge is 0.687 e. The molecule has 0 aromatic rings. The summed E-state index contributed by atoms with van der Waals surface area (Å²) in [4.78, 5) is 0. The number of aliphatic hydroxyl groups excluding tert-OH is 3. The van der Waals surface area contributed by atoms with E-state index in [1.165, 1.54) is 0 Å². The summed E-state index contributed by atoms with van der Waals surface area (Å²) in [5, 5.41) is 49.3. The van der Waals surface area contributed by atoms with Crippen molar-refractivity contribution in [3.8, 4) is 0 Å². The Morgan fingerprint density at radius 3 is 0.604 bits per heavy atom. The number of methoxy groups -OCH3 is 3. The average Bonchev–Trinajstić information content (AvgIpc) is 3.01. The second-order valence-electron chi connectivity index (χ2n) is 15.0. The van der Waals surface area contributed by atoms with Crippen LogP contribution in [0.15, 0.2) is 24.8 Å². The van der Waals surface area contributed by atoms with Crippen LogP contribution in [0.1, 0.15) is 123 Å². The third-order valence-electron chi connectivity index (χ3n) is 4.96. The van der Waals surface area contributed by atoms with Gasteiger partial charge in [0.05, 0.1) is 38.1 Å². The normalized spacial score (nSPS) is 12.4. The maximum atomic E-state index is 8.40. The molecule has 0 fully saturated rings. The van der Waals surface area contributed by atoms with Crippen LogP contribution >= 0.6 is 0 Å². The quantitative estimate of drug-likeness (QED) is 0.156. The molecule has 0 bridgehead atoms. The van der Waals surface area contributed by atoms with Crippen LogP contribution in [0.25, 0.3) is 31.9 Å². The van der Waals surface area contributed by atoms with E-state index in [9.17, 15) is 0 Å². The zero-order chi connectivity index (χ0) is 42.2. The van der Waals surface area contributed by atoms with Gasteiger partial charge in [0.25, 0.3) is 0 Å². The monoisotopic (exact) mass is 833 g/mol. The fraction of sp³-hybridized carbons (Fsp3) is 0.897. The summed E-state index contributed by atoms with van der Waals surface area (Å²) in [6.07, 6.45) is 9.85. The molecule has 0 saturated heterocycles. The Hall–Kier alpha value is -0.211. The Kier molecular flexibility index (Phi) is 69.4. The molecule has 0 aromatic carbocycles. The SMILES string of the molecule is CC(C)(C)[N-]C=C[N-]C(C)(C)C.CC(C)(C)[N-]C=C[N-]C(C)(C)C.CCC(CO)OC.CCC(CO)OC.CCC(CO)OC.C[N-]C.C[N-]C.[Ti+2].[Ti+4]. The third-order valence-corrected chi connectivity index (χ3v) is 4.96. The van der Waals surface area contributed by atoms with Crippen LogP contribution in [0.2, 0.25) is 0 Å². The first kappa shape index (κ1) is 73.8. The minimum Gasteiger partial charge on any atom is -0.687 e. The van der Waals surface area contributed by atoms with Crippen LogP contribution in [0.5, 0.6) is 0 Å². The topological polar surface area (TPSA) is 173 Å². The summed E-state index contributed by atoms with van der Waals surface area (Å²) in [5.74, 6) is 0. The minimum absolute atomic E-state index is 0. The van der Waals surface area contributed by atoms with E-state index < -0.39 is 0 Å². The van der Waals surface area contributed by atoms with Gasteiger partial charge >= 0.3 is 43.4 Å². The second kappa shape index (κ2) is 49.8. The molecule has 0 radical (unpaired) electrons. The summed E-state index contributed by atoms with van der Waals surface area (Å²) in [6.45, 7) is 31.1. The molecule has 0 aliphatic carbocycles. The van der Waals surface area contributed by atoms with E-state index in [4.69, 9.17) is 29.5 Å². The maximum absolute atomic E-state index is 8.40. The van der Waals surface area contributed by atoms with E-state index in [-0.39, 0.29) is 104 Å². The number of hydrogen-bond donors (Lipinski definition) is 3. The number of aliphatic hydroxyl groups is 3. The van der Waals surface area contributed by atoms with Crippen molar-refractivity contribution < 1.29 is 73.0 Å². The predicted molar refractivity (Wildman–Crippen MR) is 226 cm³/mol. The third kappa shape index (κ3) is 100. The van der Waals surface area contributed by atoms with E-state index in [0.29, 0.717) is 0 Å². The molecular weight excluding hydrogens is 744 g/mol. The van der Waals surface area contributed by atoms with Crippen LogP contribution in [-0.2, 0) is 57.6 Å². The van der Waals surface area contributed by atoms with E-state index in [2.05, 4.69) is 115 Å². The van der Waals surface area contributed by atoms with Crippen molar-refractivity contribution in [3.63, 3.8) is 0 Å². The number of nitrogens with zero attached hydrogens (tertiary/aromatic N) is 6. The van der Waals surface area contributed by atoms with Crippen molar-refractivity contribution >= 4 is 0 Å². The summed E-state index contributed by atoms with van der Waals surface area (Å²) in [5.41, 5.74) is 0.0155. The van der Waals surface area contributed by atoms with Gasteiger partial charge in [-0.05, 0) is 19.3 Å². The van der Waals surface area contributed by atoms with Crippen LogP contribution in [0.4, 0.5) is 0 Å². The van der Waals surface area contributed by atoms with E-state index in [0.717, 1.165) is 19.3 Å². The Morgan fingerprint density at radius 1 is 0.434 bits per heavy atom. The van der Waals surface area contributed by atoms with Crippen LogP contribution in [0.3, 0.4) is 0 Å². The molecule has 3 N–H and O–H groups in total. The van der Waals surface area contributed by atoms with Crippen molar-refractivity contribution in [2.45, 2.75) is 164 Å². The molecule has 3 unspecified atom stereocenters. The van der Waals surface area contributed by atoms with Crippen molar-refractivity contribution in [1.29, 1.82) is 0 Å². The summed E-state index contributed by atoms with van der Waals surface area (Å²) >= 11 is 0. The molecule has 0 aliphatic heterocycles. The number of ether oxygens (including phenoxy) is 3. The van der Waals surface area contributed by atoms with Gasteiger partial charge < -0.3 is 61.4 Å². The molecule has 12 nitrogen and oxygen atoms in total. The van der Waals surface area contributed by atoms with E-state index in [1.54, 1.807) is 74.3 Å². The Labute approximate surface area is 360 Å². The maximum Gasteiger partial charge on any atom is 4.00 e. The Balaban J connectivity index is -0.0000000634. The Bertz CT molecular complexity index is 565. The molecule has 0 amide bonds. The first-order valence-corrected chi connectivity index (χ1v) is 17.8. The molecular formula is C39H88N6O6Ti2. The molecule has 14 heteroatoms. The summed E-state index contributed by atoms with van der Waals surface area (Å²) in [6, 6.07) is 0. The molecule has 0 aliphatic rings. The molecule has 0 heterocycles. The Morgan fingerprint density at radius 2 is 0.566 bits per heavy atom. The molecule has 0 spiro atoms. The number of hydrogen-bond acceptors (Lipinski definition) is 6. The van der Waals surface area contributed by atoms with E-state index >= 15 is 0 Å². The molecule has 0 aromatic heterocycles. The van der Waals surface area contributed by atoms with Crippen LogP contribution in [0, 0.1) is 0 Å². The van der Waals surface area contributed by atoms with E-state index in [1.807, 2.05) is 20.8 Å². The van der Waals surface area contributed by atoms with Crippen LogP contribution < -0.4 is 0 Å². The molecule has 0 saturated carbocycles. The molecule has 0 rings (SSSR count). The number of rotatable bonds is 13. The van der Waals surface area contributed by atoms with Gasteiger partial charge in [-0.25, -0.2) is 24.8 Å². The average molecular weight is 833 g/mol. The largest absolute Gasteiger partial charge is 4.00 e. The molecule has 3 atom stereocenters. The predicted octanol–water partition coefficient (Wildman–Crippen LogP) is 10.0. The fourth-order valence-electron chi connectivity index (χ4n) is 2.14. The van der Waals surface area contributed by atoms with Gasteiger partial charge in [-0.15, -0.1) is 22.2 Å². The first-order valence-electron chi connectivity index (χ1n) is 17.8. The first-order chi connectivity index (χ1) is 23.3. The van der Waals surface area contributed by atoms with Crippen LogP contribution in [-0.4, -0.2) is 125 Å². The van der Waals surface area contributed by atoms with Gasteiger partial charge in [-0.3, -0.25) is 0 Å². The van der Waals surface area contributed by atoms with Gasteiger partial charge in [0, 0.05) is 21.3 Å². The zero-order valence-electron chi connectivity index (χ0n) is 38.5. The standard InChI is InChI=1S/2C10H20N2.3C5H12O2.2C2H6N.2Ti/c2*1-9(2,3)11-7-8-12-10(4,5)6;3*1-3-5(4-6)7-2;2*1-3-2;;/h2*7-8H,1-6H3;3*5-6H,3-4H2,1-2H3;2*1-2H3;;/q2*-2;;;;2*-1;+2;+4. The van der Waals surface area contributed by atoms with Crippen molar-refractivity contribution in [2.75, 3.05) is 69.3 Å². The van der Waals surface area contributed by atoms with Crippen molar-refractivity contribution in [2.24, 2.45) is 0 Å². The molecule has 53 heavy (non-hydrogen) atoms. The van der Waals surface area contributed by atoms with Crippen molar-refractivity contribution in [1.82, 2.24) is 0 Å².